The zero-order chi connectivity index (χ0) is 19.3. The molecular weight excluding hydrogens is 370 g/mol. The summed E-state index contributed by atoms with van der Waals surface area (Å²) >= 11 is 1.72. The van der Waals surface area contributed by atoms with Crippen LogP contribution in [0.4, 0.5) is 0 Å². The third-order valence-corrected chi connectivity index (χ3v) is 6.86. The number of hydrogen-bond acceptors (Lipinski definition) is 5. The van der Waals surface area contributed by atoms with E-state index in [2.05, 4.69) is 34.3 Å². The van der Waals surface area contributed by atoms with Crippen LogP contribution in [0.25, 0.3) is 0 Å². The van der Waals surface area contributed by atoms with Gasteiger partial charge in [-0.3, -0.25) is 14.7 Å². The van der Waals surface area contributed by atoms with Crippen molar-refractivity contribution in [3.8, 4) is 0 Å². The molecule has 0 aliphatic carbocycles. The lowest BCUT2D eigenvalue weighted by atomic mass is 9.99. The van der Waals surface area contributed by atoms with E-state index in [1.165, 1.54) is 16.0 Å². The van der Waals surface area contributed by atoms with Crippen LogP contribution in [0, 0.1) is 5.92 Å². The number of aryl methyl sites for hydroxylation is 1. The highest BCUT2D eigenvalue weighted by Gasteiger charge is 2.24. The van der Waals surface area contributed by atoms with Gasteiger partial charge >= 0.3 is 0 Å². The van der Waals surface area contributed by atoms with E-state index in [0.717, 1.165) is 76.3 Å². The second-order valence-electron chi connectivity index (χ2n) is 7.79. The van der Waals surface area contributed by atoms with E-state index in [4.69, 9.17) is 4.74 Å². The van der Waals surface area contributed by atoms with Crippen LogP contribution < -0.4 is 5.32 Å². The van der Waals surface area contributed by atoms with Gasteiger partial charge in [0.1, 0.15) is 0 Å². The molecule has 1 amide bonds. The number of carbonyl (C=O) groups is 1. The van der Waals surface area contributed by atoms with Gasteiger partial charge in [-0.25, -0.2) is 0 Å². The van der Waals surface area contributed by atoms with Crippen LogP contribution in [0.2, 0.25) is 0 Å². The SMILES string of the molecule is CCc1ccc(CN2CCc3c(C(=O)NCC4CCOCC4)csc3C2)nc1. The van der Waals surface area contributed by atoms with Crippen molar-refractivity contribution in [2.45, 2.75) is 45.7 Å². The largest absolute Gasteiger partial charge is 0.381 e. The minimum absolute atomic E-state index is 0.0919. The third-order valence-electron chi connectivity index (χ3n) is 5.84. The molecule has 0 saturated carbocycles. The van der Waals surface area contributed by atoms with Crippen LogP contribution >= 0.6 is 11.3 Å². The van der Waals surface area contributed by atoms with Gasteiger partial charge in [0.2, 0.25) is 0 Å². The Morgan fingerprint density at radius 1 is 1.36 bits per heavy atom. The first kappa shape index (κ1) is 19.6. The molecule has 4 heterocycles. The Balaban J connectivity index is 1.33. The molecule has 28 heavy (non-hydrogen) atoms. The molecule has 0 aromatic carbocycles. The minimum Gasteiger partial charge on any atom is -0.381 e. The molecule has 2 aromatic rings. The normalized spacial score (nSPS) is 18.0. The van der Waals surface area contributed by atoms with E-state index in [-0.39, 0.29) is 5.91 Å². The Hall–Kier alpha value is -1.76. The van der Waals surface area contributed by atoms with Crippen molar-refractivity contribution in [2.24, 2.45) is 5.92 Å². The van der Waals surface area contributed by atoms with Crippen LogP contribution in [-0.2, 0) is 30.7 Å². The molecule has 0 spiro atoms. The fraction of sp³-hybridized carbons (Fsp3) is 0.545. The topological polar surface area (TPSA) is 54.5 Å². The van der Waals surface area contributed by atoms with Gasteiger partial charge in [-0.1, -0.05) is 13.0 Å². The molecule has 2 aliphatic rings. The number of rotatable bonds is 6. The fourth-order valence-corrected chi connectivity index (χ4v) is 5.10. The van der Waals surface area contributed by atoms with Crippen LogP contribution in [-0.4, -0.2) is 42.1 Å². The summed E-state index contributed by atoms with van der Waals surface area (Å²) in [7, 11) is 0. The number of pyridine rings is 1. The summed E-state index contributed by atoms with van der Waals surface area (Å²) in [5.74, 6) is 0.642. The van der Waals surface area contributed by atoms with Crippen molar-refractivity contribution < 1.29 is 9.53 Å². The molecule has 0 atom stereocenters. The Labute approximate surface area is 171 Å². The van der Waals surface area contributed by atoms with E-state index in [0.29, 0.717) is 5.92 Å². The molecule has 4 rings (SSSR count). The average molecular weight is 400 g/mol. The van der Waals surface area contributed by atoms with Gasteiger partial charge in [0, 0.05) is 55.8 Å². The van der Waals surface area contributed by atoms with Gasteiger partial charge in [-0.2, -0.15) is 0 Å². The monoisotopic (exact) mass is 399 g/mol. The molecular formula is C22H29N3O2S. The van der Waals surface area contributed by atoms with E-state index in [1.54, 1.807) is 11.3 Å². The first-order valence-electron chi connectivity index (χ1n) is 10.3. The molecule has 1 saturated heterocycles. The van der Waals surface area contributed by atoms with Gasteiger partial charge in [-0.05, 0) is 48.8 Å². The zero-order valence-electron chi connectivity index (χ0n) is 16.6. The predicted molar refractivity (Wildman–Crippen MR) is 112 cm³/mol. The van der Waals surface area contributed by atoms with Gasteiger partial charge in [-0.15, -0.1) is 11.3 Å². The Kier molecular flexibility index (Phi) is 6.40. The molecule has 1 N–H and O–H groups in total. The van der Waals surface area contributed by atoms with Crippen LogP contribution in [0.5, 0.6) is 0 Å². The Morgan fingerprint density at radius 2 is 2.21 bits per heavy atom. The lowest BCUT2D eigenvalue weighted by Gasteiger charge is -2.27. The molecule has 1 fully saturated rings. The van der Waals surface area contributed by atoms with Crippen molar-refractivity contribution in [3.05, 3.63) is 51.0 Å². The number of nitrogens with one attached hydrogen (secondary N) is 1. The summed E-state index contributed by atoms with van der Waals surface area (Å²) in [6.07, 6.45) is 6.03. The highest BCUT2D eigenvalue weighted by atomic mass is 32.1. The summed E-state index contributed by atoms with van der Waals surface area (Å²) in [5, 5.41) is 5.20. The van der Waals surface area contributed by atoms with E-state index in [9.17, 15) is 4.79 Å². The van der Waals surface area contributed by atoms with Crippen LogP contribution in [0.1, 0.15) is 51.8 Å². The number of ether oxygens (including phenoxy) is 1. The summed E-state index contributed by atoms with van der Waals surface area (Å²) in [6, 6.07) is 4.31. The van der Waals surface area contributed by atoms with Crippen molar-refractivity contribution in [1.82, 2.24) is 15.2 Å². The smallest absolute Gasteiger partial charge is 0.252 e. The summed E-state index contributed by atoms with van der Waals surface area (Å²) < 4.78 is 5.40. The highest BCUT2D eigenvalue weighted by Crippen LogP contribution is 2.29. The second kappa shape index (κ2) is 9.16. The number of thiophene rings is 1. The first-order valence-corrected chi connectivity index (χ1v) is 11.2. The quantitative estimate of drug-likeness (QED) is 0.809. The maximum Gasteiger partial charge on any atom is 0.252 e. The van der Waals surface area contributed by atoms with Crippen molar-refractivity contribution in [2.75, 3.05) is 26.3 Å². The van der Waals surface area contributed by atoms with E-state index < -0.39 is 0 Å². The molecule has 6 heteroatoms. The molecule has 0 radical (unpaired) electrons. The lowest BCUT2D eigenvalue weighted by Crippen LogP contribution is -2.34. The van der Waals surface area contributed by atoms with Gasteiger partial charge in [0.15, 0.2) is 0 Å². The van der Waals surface area contributed by atoms with Crippen LogP contribution in [0.15, 0.2) is 23.7 Å². The number of aromatic nitrogens is 1. The number of amides is 1. The molecule has 5 nitrogen and oxygen atoms in total. The third kappa shape index (κ3) is 4.62. The molecule has 0 bridgehead atoms. The number of hydrogen-bond donors (Lipinski definition) is 1. The van der Waals surface area contributed by atoms with E-state index in [1.807, 2.05) is 11.6 Å². The second-order valence-corrected chi connectivity index (χ2v) is 8.75. The van der Waals surface area contributed by atoms with E-state index >= 15 is 0 Å². The van der Waals surface area contributed by atoms with Gasteiger partial charge < -0.3 is 10.1 Å². The lowest BCUT2D eigenvalue weighted by molar-refractivity contribution is 0.0642. The Morgan fingerprint density at radius 3 is 2.96 bits per heavy atom. The first-order chi connectivity index (χ1) is 13.7. The molecule has 2 aromatic heterocycles. The zero-order valence-corrected chi connectivity index (χ0v) is 17.4. The fourth-order valence-electron chi connectivity index (χ4n) is 3.98. The molecule has 0 unspecified atom stereocenters. The van der Waals surface area contributed by atoms with Gasteiger partial charge in [0.05, 0.1) is 11.3 Å². The standard InChI is InChI=1S/C22H29N3O2S/c1-2-16-3-4-18(23-11-16)13-25-8-5-19-20(15-28-21(19)14-25)22(26)24-12-17-6-9-27-10-7-17/h3-4,11,15,17H,2,5-10,12-14H2,1H3,(H,24,26). The maximum atomic E-state index is 12.7. The maximum absolute atomic E-state index is 12.7. The number of nitrogens with zero attached hydrogens (tertiary/aromatic N) is 2. The molecule has 150 valence electrons. The van der Waals surface area contributed by atoms with Crippen molar-refractivity contribution in [1.29, 1.82) is 0 Å². The summed E-state index contributed by atoms with van der Waals surface area (Å²) in [5.41, 5.74) is 4.53. The number of carbonyl (C=O) groups excluding carboxylic acids is 1. The van der Waals surface area contributed by atoms with Crippen LogP contribution in [0.3, 0.4) is 0 Å². The van der Waals surface area contributed by atoms with Crippen molar-refractivity contribution in [3.63, 3.8) is 0 Å². The molecule has 2 aliphatic heterocycles. The summed E-state index contributed by atoms with van der Waals surface area (Å²) in [4.78, 5) is 21.0. The minimum atomic E-state index is 0.0919. The van der Waals surface area contributed by atoms with Crippen molar-refractivity contribution >= 4 is 17.2 Å². The predicted octanol–water partition coefficient (Wildman–Crippen LogP) is 3.42. The Bertz CT molecular complexity index is 797. The van der Waals surface area contributed by atoms with Gasteiger partial charge in [0.25, 0.3) is 5.91 Å². The number of fused-ring (bicyclic) bond motifs is 1. The summed E-state index contributed by atoms with van der Waals surface area (Å²) in [6.45, 7) is 7.30. The average Bonchev–Trinajstić information content (AvgIpc) is 3.17. The highest BCUT2D eigenvalue weighted by molar-refractivity contribution is 7.10.